The van der Waals surface area contributed by atoms with E-state index in [1.54, 1.807) is 19.5 Å². The molecule has 10 heteroatoms. The first kappa shape index (κ1) is 24.4. The number of hydrogen-bond acceptors (Lipinski definition) is 5. The summed E-state index contributed by atoms with van der Waals surface area (Å²) < 4.78 is 38.0. The molecular weight excluding hydrogens is 477 g/mol. The van der Waals surface area contributed by atoms with Crippen molar-refractivity contribution in [3.05, 3.63) is 93.9 Å². The molecule has 4 heterocycles. The maximum atomic E-state index is 12.7. The van der Waals surface area contributed by atoms with E-state index in [0.29, 0.717) is 30.0 Å². The van der Waals surface area contributed by atoms with Gasteiger partial charge in [-0.2, -0.15) is 13.2 Å². The second-order valence-corrected chi connectivity index (χ2v) is 8.28. The van der Waals surface area contributed by atoms with Gasteiger partial charge >= 0.3 is 6.18 Å². The molecule has 0 fully saturated rings. The molecule has 0 unspecified atom stereocenters. The molecule has 0 amide bonds. The standard InChI is InChI=1S/C25H22ClF3N6/c1-31-12-19(10-30)17-9-21-18(14-34-24(21)33-13-17)8-16-4-6-20(35-23(16)26)5-2-15-3-7-22(32-11-15)25(27,28)29/h3-4,6-7,9-14H,2,5,8,30H2,1H3,(H,33,34). The highest BCUT2D eigenvalue weighted by Gasteiger charge is 2.31. The third-order valence-corrected chi connectivity index (χ3v) is 5.87. The Kier molecular flexibility index (Phi) is 7.16. The largest absolute Gasteiger partial charge is 0.433 e. The summed E-state index contributed by atoms with van der Waals surface area (Å²) in [7, 11) is 1.68. The first-order valence-corrected chi connectivity index (χ1v) is 11.1. The van der Waals surface area contributed by atoms with Crippen molar-refractivity contribution >= 4 is 34.4 Å². The van der Waals surface area contributed by atoms with Crippen molar-refractivity contribution in [1.29, 1.82) is 0 Å². The van der Waals surface area contributed by atoms with Crippen molar-refractivity contribution in [2.75, 3.05) is 7.05 Å². The number of aliphatic imine (C=N–C) groups is 1. The van der Waals surface area contributed by atoms with E-state index in [9.17, 15) is 13.2 Å². The van der Waals surface area contributed by atoms with E-state index < -0.39 is 11.9 Å². The van der Waals surface area contributed by atoms with Crippen molar-refractivity contribution in [2.45, 2.75) is 25.4 Å². The Morgan fingerprint density at radius 2 is 1.94 bits per heavy atom. The van der Waals surface area contributed by atoms with Crippen LogP contribution in [0, 0.1) is 0 Å². The first-order chi connectivity index (χ1) is 16.8. The summed E-state index contributed by atoms with van der Waals surface area (Å²) in [6.07, 6.45) is 5.17. The normalized spacial score (nSPS) is 12.7. The number of aromatic nitrogens is 4. The van der Waals surface area contributed by atoms with Crippen LogP contribution in [0.5, 0.6) is 0 Å². The number of nitrogens with two attached hydrogens (primary N) is 1. The van der Waals surface area contributed by atoms with Crippen molar-refractivity contribution < 1.29 is 13.2 Å². The minimum absolute atomic E-state index is 0.382. The van der Waals surface area contributed by atoms with E-state index in [-0.39, 0.29) is 0 Å². The number of allylic oxidation sites excluding steroid dienone is 1. The number of aromatic amines is 1. The Balaban J connectivity index is 1.48. The molecule has 0 atom stereocenters. The predicted octanol–water partition coefficient (Wildman–Crippen LogP) is 5.40. The van der Waals surface area contributed by atoms with Gasteiger partial charge in [0.2, 0.25) is 0 Å². The summed E-state index contributed by atoms with van der Waals surface area (Å²) in [4.78, 5) is 19.7. The van der Waals surface area contributed by atoms with Gasteiger partial charge in [0, 0.05) is 66.7 Å². The lowest BCUT2D eigenvalue weighted by atomic mass is 10.0. The summed E-state index contributed by atoms with van der Waals surface area (Å²) >= 11 is 6.48. The van der Waals surface area contributed by atoms with Gasteiger partial charge in [-0.3, -0.25) is 9.98 Å². The number of fused-ring (bicyclic) bond motifs is 1. The second-order valence-electron chi connectivity index (χ2n) is 7.92. The Morgan fingerprint density at radius 1 is 1.11 bits per heavy atom. The molecule has 3 N–H and O–H groups in total. The number of H-pyrrole nitrogens is 1. The third-order valence-electron chi connectivity index (χ3n) is 5.55. The fourth-order valence-corrected chi connectivity index (χ4v) is 3.94. The second kappa shape index (κ2) is 10.3. The van der Waals surface area contributed by atoms with Crippen LogP contribution in [0.1, 0.15) is 33.6 Å². The molecule has 4 rings (SSSR count). The van der Waals surface area contributed by atoms with Crippen LogP contribution in [-0.4, -0.2) is 33.2 Å². The topological polar surface area (TPSA) is 92.8 Å². The van der Waals surface area contributed by atoms with Crippen LogP contribution in [0.15, 0.2) is 60.1 Å². The minimum Gasteiger partial charge on any atom is -0.404 e. The molecular formula is C25H22ClF3N6. The van der Waals surface area contributed by atoms with Crippen LogP contribution < -0.4 is 5.73 Å². The third kappa shape index (κ3) is 5.68. The number of halogens is 4. The molecule has 4 aromatic rings. The quantitative estimate of drug-likeness (QED) is 0.263. The highest BCUT2D eigenvalue weighted by atomic mass is 35.5. The predicted molar refractivity (Wildman–Crippen MR) is 131 cm³/mol. The van der Waals surface area contributed by atoms with Gasteiger partial charge in [0.05, 0.1) is 0 Å². The fraction of sp³-hybridized carbons (Fsp3) is 0.200. The van der Waals surface area contributed by atoms with Crippen molar-refractivity contribution in [3.63, 3.8) is 0 Å². The maximum Gasteiger partial charge on any atom is 0.433 e. The Bertz CT molecular complexity index is 1390. The van der Waals surface area contributed by atoms with Crippen molar-refractivity contribution in [2.24, 2.45) is 10.7 Å². The van der Waals surface area contributed by atoms with E-state index in [1.165, 1.54) is 18.5 Å². The lowest BCUT2D eigenvalue weighted by molar-refractivity contribution is -0.141. The summed E-state index contributed by atoms with van der Waals surface area (Å²) in [6, 6.07) is 8.22. The molecule has 0 bridgehead atoms. The van der Waals surface area contributed by atoms with Crippen LogP contribution in [0.25, 0.3) is 16.6 Å². The number of rotatable bonds is 7. The lowest BCUT2D eigenvalue weighted by Crippen LogP contribution is -2.08. The van der Waals surface area contributed by atoms with Gasteiger partial charge in [0.25, 0.3) is 0 Å². The van der Waals surface area contributed by atoms with Crippen molar-refractivity contribution in [3.8, 4) is 0 Å². The van der Waals surface area contributed by atoms with Crippen LogP contribution >= 0.6 is 11.6 Å². The zero-order valence-corrected chi connectivity index (χ0v) is 19.5. The molecule has 0 saturated heterocycles. The fourth-order valence-electron chi connectivity index (χ4n) is 3.70. The minimum atomic E-state index is -4.45. The van der Waals surface area contributed by atoms with Gasteiger partial charge in [-0.05, 0) is 47.7 Å². The Hall–Kier alpha value is -3.72. The van der Waals surface area contributed by atoms with Crippen LogP contribution in [0.3, 0.4) is 0 Å². The van der Waals surface area contributed by atoms with Gasteiger partial charge in [0.15, 0.2) is 0 Å². The molecule has 6 nitrogen and oxygen atoms in total. The summed E-state index contributed by atoms with van der Waals surface area (Å²) in [6.45, 7) is 0. The van der Waals surface area contributed by atoms with Gasteiger partial charge in [0.1, 0.15) is 16.5 Å². The van der Waals surface area contributed by atoms with E-state index in [0.717, 1.165) is 45.1 Å². The molecule has 0 aliphatic carbocycles. The summed E-state index contributed by atoms with van der Waals surface area (Å²) in [5.41, 5.74) is 10.5. The zero-order chi connectivity index (χ0) is 25.0. The molecule has 180 valence electrons. The molecule has 0 spiro atoms. The number of aryl methyl sites for hydroxylation is 2. The summed E-state index contributed by atoms with van der Waals surface area (Å²) in [5.74, 6) is 0. The van der Waals surface area contributed by atoms with Crippen molar-refractivity contribution in [1.82, 2.24) is 19.9 Å². The number of pyridine rings is 3. The highest BCUT2D eigenvalue weighted by Crippen LogP contribution is 2.28. The smallest absolute Gasteiger partial charge is 0.404 e. The number of nitrogens with one attached hydrogen (secondary N) is 1. The SMILES string of the molecule is CN=CC(=CN)c1cnc2[nH]cc(Cc3ccc(CCc4ccc(C(F)(F)F)nc4)nc3Cl)c2c1. The Morgan fingerprint density at radius 3 is 2.60 bits per heavy atom. The maximum absolute atomic E-state index is 12.7. The van der Waals surface area contributed by atoms with E-state index >= 15 is 0 Å². The summed E-state index contributed by atoms with van der Waals surface area (Å²) in [5, 5.41) is 1.33. The monoisotopic (exact) mass is 498 g/mol. The molecule has 0 radical (unpaired) electrons. The molecule has 0 saturated carbocycles. The van der Waals surface area contributed by atoms with Crippen LogP contribution in [0.2, 0.25) is 5.15 Å². The molecule has 0 aromatic carbocycles. The lowest BCUT2D eigenvalue weighted by Gasteiger charge is -2.08. The Labute approximate surface area is 204 Å². The zero-order valence-electron chi connectivity index (χ0n) is 18.8. The van der Waals surface area contributed by atoms with Crippen LogP contribution in [0.4, 0.5) is 13.2 Å². The van der Waals surface area contributed by atoms with Gasteiger partial charge < -0.3 is 10.7 Å². The molecule has 35 heavy (non-hydrogen) atoms. The average molecular weight is 499 g/mol. The van der Waals surface area contributed by atoms with E-state index in [2.05, 4.69) is 24.9 Å². The molecule has 4 aromatic heterocycles. The molecule has 0 aliphatic heterocycles. The number of nitrogens with zero attached hydrogens (tertiary/aromatic N) is 4. The number of alkyl halides is 3. The van der Waals surface area contributed by atoms with Crippen LogP contribution in [-0.2, 0) is 25.4 Å². The highest BCUT2D eigenvalue weighted by molar-refractivity contribution is 6.30. The van der Waals surface area contributed by atoms with Gasteiger partial charge in [-0.15, -0.1) is 0 Å². The average Bonchev–Trinajstić information content (AvgIpc) is 3.24. The van der Waals surface area contributed by atoms with Gasteiger partial charge in [-0.25, -0.2) is 9.97 Å². The molecule has 0 aliphatic rings. The van der Waals surface area contributed by atoms with Gasteiger partial charge in [-0.1, -0.05) is 23.7 Å². The van der Waals surface area contributed by atoms with E-state index in [1.807, 2.05) is 24.4 Å². The first-order valence-electron chi connectivity index (χ1n) is 10.8. The van der Waals surface area contributed by atoms with E-state index in [4.69, 9.17) is 17.3 Å². The number of hydrogen-bond donors (Lipinski definition) is 2.